The zero-order chi connectivity index (χ0) is 18.7. The molecule has 1 saturated carbocycles. The first-order chi connectivity index (χ1) is 11.4. The molecule has 2 N–H and O–H groups in total. The van der Waals surface area contributed by atoms with Crippen LogP contribution in [-0.2, 0) is 11.0 Å². The third-order valence-electron chi connectivity index (χ3n) is 6.04. The number of anilines is 1. The van der Waals surface area contributed by atoms with Gasteiger partial charge in [0.2, 0.25) is 0 Å². The van der Waals surface area contributed by atoms with Crippen molar-refractivity contribution in [3.05, 3.63) is 12.7 Å². The lowest BCUT2D eigenvalue weighted by Crippen LogP contribution is -2.42. The Morgan fingerprint density at radius 1 is 1.32 bits per heavy atom. The van der Waals surface area contributed by atoms with Crippen LogP contribution in [0.1, 0.15) is 34.1 Å². The quantitative estimate of drug-likeness (QED) is 0.820. The third-order valence-corrected chi connectivity index (χ3v) is 10.5. The van der Waals surface area contributed by atoms with Gasteiger partial charge in [0.1, 0.15) is 17.5 Å². The average molecular weight is 366 g/mol. The van der Waals surface area contributed by atoms with Crippen LogP contribution < -0.4 is 5.73 Å². The number of halogens is 1. The topological polar surface area (TPSA) is 78.9 Å². The van der Waals surface area contributed by atoms with Crippen molar-refractivity contribution in [3.63, 3.8) is 0 Å². The van der Waals surface area contributed by atoms with E-state index in [4.69, 9.17) is 10.2 Å². The highest BCUT2D eigenvalue weighted by molar-refractivity contribution is 6.74. The van der Waals surface area contributed by atoms with Gasteiger partial charge in [-0.2, -0.15) is 0 Å². The molecular weight excluding hydrogens is 337 g/mol. The number of hydrogen-bond donors (Lipinski definition) is 1. The van der Waals surface area contributed by atoms with Gasteiger partial charge < -0.3 is 14.7 Å². The van der Waals surface area contributed by atoms with E-state index in [2.05, 4.69) is 48.8 Å². The number of aromatic nitrogens is 4. The van der Waals surface area contributed by atoms with Crippen LogP contribution in [0.3, 0.4) is 0 Å². The molecule has 1 aliphatic carbocycles. The Bertz CT molecular complexity index is 802. The van der Waals surface area contributed by atoms with Crippen LogP contribution in [-0.4, -0.2) is 40.1 Å². The van der Waals surface area contributed by atoms with Gasteiger partial charge in [0, 0.05) is 12.0 Å². The standard InChI is InChI=1S/C17H28FN5OSi/c1-15(2,3)25(5,6)24-9-16(4)7-17(16,18)8-23-11-22-12-13(19)20-10-21-14(12)23/h10-11H,7-9H2,1-6H3,(H2,19,20,21)/t16-,17-/m1/s1. The van der Waals surface area contributed by atoms with Crippen LogP contribution in [0, 0.1) is 5.41 Å². The van der Waals surface area contributed by atoms with E-state index in [1.807, 2.05) is 6.92 Å². The van der Waals surface area contributed by atoms with Crippen molar-refractivity contribution in [1.29, 1.82) is 0 Å². The van der Waals surface area contributed by atoms with E-state index in [1.54, 1.807) is 10.9 Å². The zero-order valence-corrected chi connectivity index (χ0v) is 16.9. The maximum absolute atomic E-state index is 15.4. The van der Waals surface area contributed by atoms with E-state index >= 15 is 4.39 Å². The second kappa shape index (κ2) is 5.47. The smallest absolute Gasteiger partial charge is 0.192 e. The summed E-state index contributed by atoms with van der Waals surface area (Å²) in [5.41, 5.74) is 5.10. The van der Waals surface area contributed by atoms with Crippen molar-refractivity contribution >= 4 is 25.3 Å². The van der Waals surface area contributed by atoms with E-state index in [-0.39, 0.29) is 11.6 Å². The molecule has 1 fully saturated rings. The molecule has 0 aromatic carbocycles. The minimum Gasteiger partial charge on any atom is -0.416 e. The van der Waals surface area contributed by atoms with Crippen molar-refractivity contribution in [1.82, 2.24) is 19.5 Å². The predicted molar refractivity (Wildman–Crippen MR) is 99.4 cm³/mol. The van der Waals surface area contributed by atoms with Crippen LogP contribution in [0.25, 0.3) is 11.2 Å². The van der Waals surface area contributed by atoms with Crippen LogP contribution in [0.5, 0.6) is 0 Å². The average Bonchev–Trinajstić information content (AvgIpc) is 2.82. The van der Waals surface area contributed by atoms with Gasteiger partial charge in [0.25, 0.3) is 0 Å². The van der Waals surface area contributed by atoms with Crippen molar-refractivity contribution in [3.8, 4) is 0 Å². The molecule has 25 heavy (non-hydrogen) atoms. The summed E-state index contributed by atoms with van der Waals surface area (Å²) in [4.78, 5) is 12.3. The first kappa shape index (κ1) is 18.3. The van der Waals surface area contributed by atoms with Crippen LogP contribution in [0.4, 0.5) is 10.2 Å². The fourth-order valence-corrected chi connectivity index (χ4v) is 3.95. The molecule has 6 nitrogen and oxygen atoms in total. The Morgan fingerprint density at radius 3 is 2.64 bits per heavy atom. The van der Waals surface area contributed by atoms with Crippen molar-refractivity contribution in [2.45, 2.75) is 64.5 Å². The summed E-state index contributed by atoms with van der Waals surface area (Å²) < 4.78 is 23.4. The second-order valence-electron chi connectivity index (χ2n) is 9.06. The highest BCUT2D eigenvalue weighted by Crippen LogP contribution is 2.60. The molecule has 0 bridgehead atoms. The van der Waals surface area contributed by atoms with E-state index in [1.165, 1.54) is 6.33 Å². The maximum atomic E-state index is 15.4. The van der Waals surface area contributed by atoms with Gasteiger partial charge in [0.15, 0.2) is 19.8 Å². The largest absolute Gasteiger partial charge is 0.416 e. The summed E-state index contributed by atoms with van der Waals surface area (Å²) in [5.74, 6) is 0.316. The molecule has 2 aromatic heterocycles. The summed E-state index contributed by atoms with van der Waals surface area (Å²) >= 11 is 0. The lowest BCUT2D eigenvalue weighted by Gasteiger charge is -2.37. The summed E-state index contributed by atoms with van der Waals surface area (Å²) in [6.07, 6.45) is 3.45. The van der Waals surface area contributed by atoms with Crippen molar-refractivity contribution < 1.29 is 8.82 Å². The predicted octanol–water partition coefficient (Wildman–Crippen LogP) is 3.55. The van der Waals surface area contributed by atoms with Crippen molar-refractivity contribution in [2.75, 3.05) is 12.3 Å². The number of hydrogen-bond acceptors (Lipinski definition) is 5. The van der Waals surface area contributed by atoms with Crippen LogP contribution in [0.2, 0.25) is 18.1 Å². The zero-order valence-electron chi connectivity index (χ0n) is 15.9. The minimum absolute atomic E-state index is 0.117. The van der Waals surface area contributed by atoms with Gasteiger partial charge >= 0.3 is 0 Å². The lowest BCUT2D eigenvalue weighted by atomic mass is 10.1. The number of rotatable bonds is 5. The molecular formula is C17H28FN5OSi. The maximum Gasteiger partial charge on any atom is 0.192 e. The molecule has 2 heterocycles. The van der Waals surface area contributed by atoms with Gasteiger partial charge in [-0.15, -0.1) is 0 Å². The number of alkyl halides is 1. The highest BCUT2D eigenvalue weighted by Gasteiger charge is 2.66. The van der Waals surface area contributed by atoms with Gasteiger partial charge in [-0.05, 0) is 24.6 Å². The third kappa shape index (κ3) is 3.06. The lowest BCUT2D eigenvalue weighted by molar-refractivity contribution is 0.142. The fourth-order valence-electron chi connectivity index (χ4n) is 2.84. The van der Waals surface area contributed by atoms with Gasteiger partial charge in [0.05, 0.1) is 12.9 Å². The number of imidazole rings is 1. The summed E-state index contributed by atoms with van der Waals surface area (Å²) in [5, 5.41) is 0.117. The van der Waals surface area contributed by atoms with Gasteiger partial charge in [-0.25, -0.2) is 19.3 Å². The van der Waals surface area contributed by atoms with Crippen LogP contribution in [0.15, 0.2) is 12.7 Å². The molecule has 0 amide bonds. The van der Waals surface area contributed by atoms with Crippen LogP contribution >= 0.6 is 0 Å². The Hall–Kier alpha value is -1.54. The Morgan fingerprint density at radius 2 is 2.00 bits per heavy atom. The Kier molecular flexibility index (Phi) is 4.00. The van der Waals surface area contributed by atoms with Gasteiger partial charge in [-0.1, -0.05) is 27.7 Å². The number of fused-ring (bicyclic) bond motifs is 1. The van der Waals surface area contributed by atoms with E-state index in [0.717, 1.165) is 0 Å². The monoisotopic (exact) mass is 365 g/mol. The molecule has 0 aliphatic heterocycles. The molecule has 0 radical (unpaired) electrons. The Labute approximate surface area is 149 Å². The van der Waals surface area contributed by atoms with E-state index < -0.39 is 19.4 Å². The summed E-state index contributed by atoms with van der Waals surface area (Å²) in [7, 11) is -1.89. The molecule has 0 spiro atoms. The molecule has 1 aliphatic rings. The second-order valence-corrected chi connectivity index (χ2v) is 13.9. The van der Waals surface area contributed by atoms with Crippen molar-refractivity contribution in [2.24, 2.45) is 5.41 Å². The molecule has 138 valence electrons. The molecule has 3 rings (SSSR count). The van der Waals surface area contributed by atoms with E-state index in [9.17, 15) is 0 Å². The molecule has 2 atom stereocenters. The Balaban J connectivity index is 1.73. The number of nitrogens with two attached hydrogens (primary N) is 1. The molecule has 2 aromatic rings. The summed E-state index contributed by atoms with van der Waals surface area (Å²) in [6.45, 7) is 13.6. The first-order valence-electron chi connectivity index (χ1n) is 8.63. The minimum atomic E-state index is -1.89. The summed E-state index contributed by atoms with van der Waals surface area (Å²) in [6, 6.07) is 0. The number of nitrogen functional groups attached to an aromatic ring is 1. The highest BCUT2D eigenvalue weighted by atomic mass is 28.4. The van der Waals surface area contributed by atoms with Gasteiger partial charge in [-0.3, -0.25) is 0 Å². The molecule has 0 saturated heterocycles. The number of nitrogens with zero attached hydrogens (tertiary/aromatic N) is 4. The SMILES string of the molecule is CC(C)(C)[Si](C)(C)OC[C@@]1(C)C[C@@]1(F)Cn1cnc2c(N)ncnc21. The first-order valence-corrected chi connectivity index (χ1v) is 11.5. The normalized spacial score (nSPS) is 27.0. The molecule has 8 heteroatoms. The van der Waals surface area contributed by atoms with E-state index in [0.29, 0.717) is 30.0 Å². The molecule has 0 unspecified atom stereocenters. The fraction of sp³-hybridized carbons (Fsp3) is 0.706.